The number of rotatable bonds is 6. The standard InChI is InChI=1S/C10H21NO2/c1-7(2)4-8(3)5-9(6-11)10(12)13/h7-9H,4-6,11H2,1-3H3,(H,12,13). The average molecular weight is 187 g/mol. The number of carbonyl (C=O) groups is 1. The van der Waals surface area contributed by atoms with Gasteiger partial charge in [-0.15, -0.1) is 0 Å². The van der Waals surface area contributed by atoms with Crippen molar-refractivity contribution in [2.24, 2.45) is 23.5 Å². The molecular weight excluding hydrogens is 166 g/mol. The fourth-order valence-corrected chi connectivity index (χ4v) is 1.68. The lowest BCUT2D eigenvalue weighted by atomic mass is 9.89. The van der Waals surface area contributed by atoms with Crippen molar-refractivity contribution in [3.05, 3.63) is 0 Å². The third kappa shape index (κ3) is 5.64. The Hall–Kier alpha value is -0.570. The fourth-order valence-electron chi connectivity index (χ4n) is 1.68. The molecule has 0 rings (SSSR count). The summed E-state index contributed by atoms with van der Waals surface area (Å²) in [5.74, 6) is -0.0567. The summed E-state index contributed by atoms with van der Waals surface area (Å²) >= 11 is 0. The zero-order valence-electron chi connectivity index (χ0n) is 8.79. The van der Waals surface area contributed by atoms with Crippen LogP contribution in [0.15, 0.2) is 0 Å². The van der Waals surface area contributed by atoms with Crippen molar-refractivity contribution in [1.29, 1.82) is 0 Å². The summed E-state index contributed by atoms with van der Waals surface area (Å²) < 4.78 is 0. The third-order valence-electron chi connectivity index (χ3n) is 2.19. The summed E-state index contributed by atoms with van der Waals surface area (Å²) in [4.78, 5) is 10.7. The SMILES string of the molecule is CC(C)CC(C)CC(CN)C(=O)O. The molecule has 0 aromatic carbocycles. The summed E-state index contributed by atoms with van der Waals surface area (Å²) in [6, 6.07) is 0. The molecule has 0 heterocycles. The highest BCUT2D eigenvalue weighted by atomic mass is 16.4. The minimum absolute atomic E-state index is 0.248. The Morgan fingerprint density at radius 1 is 1.31 bits per heavy atom. The average Bonchev–Trinajstić information content (AvgIpc) is 1.98. The molecule has 0 aliphatic carbocycles. The van der Waals surface area contributed by atoms with E-state index in [9.17, 15) is 4.79 Å². The number of carboxylic acid groups (broad SMARTS) is 1. The predicted octanol–water partition coefficient (Wildman–Crippen LogP) is 1.72. The van der Waals surface area contributed by atoms with Gasteiger partial charge >= 0.3 is 5.97 Å². The first-order valence-corrected chi connectivity index (χ1v) is 4.90. The number of hydrogen-bond donors (Lipinski definition) is 2. The monoisotopic (exact) mass is 187 g/mol. The van der Waals surface area contributed by atoms with E-state index in [2.05, 4.69) is 20.8 Å². The van der Waals surface area contributed by atoms with Gasteiger partial charge in [0, 0.05) is 6.54 Å². The molecular formula is C10H21NO2. The van der Waals surface area contributed by atoms with Crippen molar-refractivity contribution in [3.8, 4) is 0 Å². The lowest BCUT2D eigenvalue weighted by molar-refractivity contribution is -0.142. The van der Waals surface area contributed by atoms with Crippen LogP contribution in [0.5, 0.6) is 0 Å². The van der Waals surface area contributed by atoms with E-state index >= 15 is 0 Å². The molecule has 2 atom stereocenters. The molecule has 0 bridgehead atoms. The van der Waals surface area contributed by atoms with E-state index in [4.69, 9.17) is 10.8 Å². The van der Waals surface area contributed by atoms with Crippen molar-refractivity contribution in [3.63, 3.8) is 0 Å². The number of carboxylic acids is 1. The first-order valence-electron chi connectivity index (χ1n) is 4.90. The Morgan fingerprint density at radius 3 is 2.15 bits per heavy atom. The van der Waals surface area contributed by atoms with Crippen LogP contribution in [0.1, 0.15) is 33.6 Å². The quantitative estimate of drug-likeness (QED) is 0.665. The molecule has 0 aliphatic heterocycles. The van der Waals surface area contributed by atoms with E-state index in [0.717, 1.165) is 6.42 Å². The van der Waals surface area contributed by atoms with Gasteiger partial charge in [-0.25, -0.2) is 0 Å². The van der Waals surface area contributed by atoms with Crippen LogP contribution in [0.25, 0.3) is 0 Å². The number of hydrogen-bond acceptors (Lipinski definition) is 2. The second-order valence-electron chi connectivity index (χ2n) is 4.24. The lowest BCUT2D eigenvalue weighted by Gasteiger charge is -2.17. The van der Waals surface area contributed by atoms with Crippen LogP contribution in [0.4, 0.5) is 0 Å². The molecule has 0 saturated carbocycles. The topological polar surface area (TPSA) is 63.3 Å². The van der Waals surface area contributed by atoms with Crippen molar-refractivity contribution in [2.45, 2.75) is 33.6 Å². The number of nitrogens with two attached hydrogens (primary N) is 1. The van der Waals surface area contributed by atoms with E-state index < -0.39 is 5.97 Å². The van der Waals surface area contributed by atoms with Crippen LogP contribution >= 0.6 is 0 Å². The highest BCUT2D eigenvalue weighted by Gasteiger charge is 2.18. The summed E-state index contributed by atoms with van der Waals surface area (Å²) in [6.07, 6.45) is 1.77. The van der Waals surface area contributed by atoms with Crippen LogP contribution < -0.4 is 5.73 Å². The van der Waals surface area contributed by atoms with Crippen LogP contribution in [0.2, 0.25) is 0 Å². The maximum absolute atomic E-state index is 10.7. The van der Waals surface area contributed by atoms with E-state index in [1.54, 1.807) is 0 Å². The molecule has 0 fully saturated rings. The zero-order valence-corrected chi connectivity index (χ0v) is 8.79. The van der Waals surface area contributed by atoms with Crippen LogP contribution in [0, 0.1) is 17.8 Å². The molecule has 0 aliphatic rings. The van der Waals surface area contributed by atoms with Crippen molar-refractivity contribution in [2.75, 3.05) is 6.54 Å². The molecule has 0 spiro atoms. The molecule has 2 unspecified atom stereocenters. The molecule has 78 valence electrons. The summed E-state index contributed by atoms with van der Waals surface area (Å²) in [7, 11) is 0. The van der Waals surface area contributed by atoms with Gasteiger partial charge in [-0.3, -0.25) is 4.79 Å². The Morgan fingerprint density at radius 2 is 1.85 bits per heavy atom. The van der Waals surface area contributed by atoms with Gasteiger partial charge in [-0.2, -0.15) is 0 Å². The second-order valence-corrected chi connectivity index (χ2v) is 4.24. The van der Waals surface area contributed by atoms with Crippen LogP contribution in [-0.4, -0.2) is 17.6 Å². The minimum atomic E-state index is -0.766. The maximum Gasteiger partial charge on any atom is 0.307 e. The summed E-state index contributed by atoms with van der Waals surface area (Å²) in [6.45, 7) is 6.63. The Labute approximate surface area is 80.3 Å². The molecule has 3 heteroatoms. The largest absolute Gasteiger partial charge is 0.481 e. The summed E-state index contributed by atoms with van der Waals surface area (Å²) in [5, 5.41) is 8.78. The Balaban J connectivity index is 3.86. The normalized spacial score (nSPS) is 15.8. The predicted molar refractivity (Wildman–Crippen MR) is 53.4 cm³/mol. The van der Waals surface area contributed by atoms with Gasteiger partial charge in [0.2, 0.25) is 0 Å². The Bertz CT molecular complexity index is 157. The van der Waals surface area contributed by atoms with Gasteiger partial charge < -0.3 is 10.8 Å². The van der Waals surface area contributed by atoms with Crippen molar-refractivity contribution >= 4 is 5.97 Å². The minimum Gasteiger partial charge on any atom is -0.481 e. The lowest BCUT2D eigenvalue weighted by Crippen LogP contribution is -2.25. The smallest absolute Gasteiger partial charge is 0.307 e. The summed E-state index contributed by atoms with van der Waals surface area (Å²) in [5.41, 5.74) is 5.37. The van der Waals surface area contributed by atoms with Gasteiger partial charge in [0.05, 0.1) is 5.92 Å². The zero-order chi connectivity index (χ0) is 10.4. The van der Waals surface area contributed by atoms with E-state index in [1.165, 1.54) is 0 Å². The molecule has 0 saturated heterocycles. The highest BCUT2D eigenvalue weighted by Crippen LogP contribution is 2.19. The Kier molecular flexibility index (Phi) is 5.71. The third-order valence-corrected chi connectivity index (χ3v) is 2.19. The van der Waals surface area contributed by atoms with E-state index in [-0.39, 0.29) is 12.5 Å². The molecule has 0 radical (unpaired) electrons. The van der Waals surface area contributed by atoms with Gasteiger partial charge in [0.15, 0.2) is 0 Å². The van der Waals surface area contributed by atoms with E-state index in [1.807, 2.05) is 0 Å². The molecule has 3 nitrogen and oxygen atoms in total. The van der Waals surface area contributed by atoms with Gasteiger partial charge in [-0.05, 0) is 24.7 Å². The van der Waals surface area contributed by atoms with Gasteiger partial charge in [-0.1, -0.05) is 20.8 Å². The molecule has 0 amide bonds. The van der Waals surface area contributed by atoms with Gasteiger partial charge in [0.25, 0.3) is 0 Å². The first-order chi connectivity index (χ1) is 5.97. The second kappa shape index (κ2) is 5.97. The molecule has 3 N–H and O–H groups in total. The molecule has 0 aromatic rings. The maximum atomic E-state index is 10.7. The van der Waals surface area contributed by atoms with Crippen molar-refractivity contribution in [1.82, 2.24) is 0 Å². The highest BCUT2D eigenvalue weighted by molar-refractivity contribution is 5.70. The first kappa shape index (κ1) is 12.4. The fraction of sp³-hybridized carbons (Fsp3) is 0.900. The van der Waals surface area contributed by atoms with Crippen molar-refractivity contribution < 1.29 is 9.90 Å². The number of aliphatic carboxylic acids is 1. The van der Waals surface area contributed by atoms with Crippen LogP contribution in [0.3, 0.4) is 0 Å². The molecule has 0 aromatic heterocycles. The molecule has 13 heavy (non-hydrogen) atoms. The van der Waals surface area contributed by atoms with Gasteiger partial charge in [0.1, 0.15) is 0 Å². The van der Waals surface area contributed by atoms with E-state index in [0.29, 0.717) is 18.3 Å². The van der Waals surface area contributed by atoms with Crippen LogP contribution in [-0.2, 0) is 4.79 Å².